The molecule has 0 aliphatic heterocycles. The summed E-state index contributed by atoms with van der Waals surface area (Å²) in [6.07, 6.45) is 0. The van der Waals surface area contributed by atoms with E-state index < -0.39 is 24.3 Å². The Kier molecular flexibility index (Phi) is 6.33. The Balaban J connectivity index is 1.85. The van der Waals surface area contributed by atoms with E-state index in [1.54, 1.807) is 18.2 Å². The van der Waals surface area contributed by atoms with Crippen LogP contribution in [0.25, 0.3) is 0 Å². The quantitative estimate of drug-likeness (QED) is 0.778. The van der Waals surface area contributed by atoms with Crippen molar-refractivity contribution in [2.45, 2.75) is 6.54 Å². The highest BCUT2D eigenvalue weighted by Crippen LogP contribution is 2.27. The number of carbonyl (C=O) groups excluding carboxylic acids is 2. The van der Waals surface area contributed by atoms with E-state index in [9.17, 15) is 14.0 Å². The van der Waals surface area contributed by atoms with Crippen LogP contribution in [-0.2, 0) is 16.1 Å². The molecule has 0 heterocycles. The fraction of sp³-hybridized carbons (Fsp3) is 0.222. The molecule has 0 fully saturated rings. The Morgan fingerprint density at radius 2 is 1.76 bits per heavy atom. The zero-order valence-electron chi connectivity index (χ0n) is 13.9. The Morgan fingerprint density at radius 3 is 2.44 bits per heavy atom. The molecule has 0 aliphatic rings. The van der Waals surface area contributed by atoms with E-state index >= 15 is 0 Å². The molecule has 0 unspecified atom stereocenters. The number of benzene rings is 2. The lowest BCUT2D eigenvalue weighted by Gasteiger charge is -2.10. The van der Waals surface area contributed by atoms with E-state index in [-0.39, 0.29) is 12.1 Å². The monoisotopic (exact) mass is 347 g/mol. The number of methoxy groups -OCH3 is 2. The summed E-state index contributed by atoms with van der Waals surface area (Å²) in [6.45, 7) is -0.281. The van der Waals surface area contributed by atoms with Gasteiger partial charge < -0.3 is 19.5 Å². The van der Waals surface area contributed by atoms with Crippen molar-refractivity contribution >= 4 is 11.9 Å². The molecule has 2 aromatic rings. The second-order valence-corrected chi connectivity index (χ2v) is 5.02. The molecule has 0 bridgehead atoms. The predicted octanol–water partition coefficient (Wildman–Crippen LogP) is 2.32. The molecule has 0 atom stereocenters. The molecule has 0 saturated carbocycles. The van der Waals surface area contributed by atoms with Gasteiger partial charge in [-0.25, -0.2) is 9.18 Å². The van der Waals surface area contributed by atoms with Gasteiger partial charge >= 0.3 is 5.97 Å². The summed E-state index contributed by atoms with van der Waals surface area (Å²) in [7, 11) is 3.05. The van der Waals surface area contributed by atoms with Crippen LogP contribution in [0.2, 0.25) is 0 Å². The second kappa shape index (κ2) is 8.68. The highest BCUT2D eigenvalue weighted by Gasteiger charge is 2.14. The molecule has 0 saturated heterocycles. The fourth-order valence-corrected chi connectivity index (χ4v) is 2.08. The van der Waals surface area contributed by atoms with Crippen molar-refractivity contribution in [3.8, 4) is 11.5 Å². The van der Waals surface area contributed by atoms with Crippen molar-refractivity contribution in [1.29, 1.82) is 0 Å². The maximum absolute atomic E-state index is 13.4. The lowest BCUT2D eigenvalue weighted by atomic mass is 10.2. The van der Waals surface area contributed by atoms with Crippen molar-refractivity contribution in [3.05, 3.63) is 59.4 Å². The van der Waals surface area contributed by atoms with Crippen LogP contribution in [0, 0.1) is 5.82 Å². The number of nitrogens with one attached hydrogen (secondary N) is 1. The van der Waals surface area contributed by atoms with Gasteiger partial charge in [0.1, 0.15) is 5.82 Å². The summed E-state index contributed by atoms with van der Waals surface area (Å²) in [5.74, 6) is -0.964. The molecule has 25 heavy (non-hydrogen) atoms. The molecule has 7 heteroatoms. The number of rotatable bonds is 7. The summed E-state index contributed by atoms with van der Waals surface area (Å²) in [6, 6.07) is 10.6. The maximum atomic E-state index is 13.4. The van der Waals surface area contributed by atoms with Crippen LogP contribution in [0.5, 0.6) is 11.5 Å². The lowest BCUT2D eigenvalue weighted by Crippen LogP contribution is -2.28. The third kappa shape index (κ3) is 4.94. The number of carbonyl (C=O) groups is 2. The van der Waals surface area contributed by atoms with Crippen LogP contribution in [0.15, 0.2) is 42.5 Å². The van der Waals surface area contributed by atoms with Gasteiger partial charge in [-0.1, -0.05) is 18.2 Å². The van der Waals surface area contributed by atoms with E-state index in [1.807, 2.05) is 0 Å². The minimum atomic E-state index is -0.889. The van der Waals surface area contributed by atoms with Crippen molar-refractivity contribution < 1.29 is 28.2 Å². The Bertz CT molecular complexity index is 763. The minimum absolute atomic E-state index is 0.213. The van der Waals surface area contributed by atoms with Gasteiger partial charge in [-0.3, -0.25) is 4.79 Å². The van der Waals surface area contributed by atoms with E-state index in [0.29, 0.717) is 11.5 Å². The fourth-order valence-electron chi connectivity index (χ4n) is 2.08. The van der Waals surface area contributed by atoms with Gasteiger partial charge in [-0.05, 0) is 29.8 Å². The molecule has 0 radical (unpaired) electrons. The van der Waals surface area contributed by atoms with Crippen LogP contribution >= 0.6 is 0 Å². The average Bonchev–Trinajstić information content (AvgIpc) is 2.64. The van der Waals surface area contributed by atoms with Crippen LogP contribution in [0.3, 0.4) is 0 Å². The SMILES string of the molecule is COc1ccc(CNC(=O)COC(=O)c2ccccc2F)cc1OC. The third-order valence-electron chi connectivity index (χ3n) is 3.37. The number of ether oxygens (including phenoxy) is 3. The predicted molar refractivity (Wildman–Crippen MR) is 88.1 cm³/mol. The molecule has 0 aliphatic carbocycles. The number of hydrogen-bond acceptors (Lipinski definition) is 5. The molecule has 132 valence electrons. The molecule has 1 amide bonds. The van der Waals surface area contributed by atoms with E-state index in [0.717, 1.165) is 11.6 Å². The first-order valence-corrected chi connectivity index (χ1v) is 7.44. The zero-order chi connectivity index (χ0) is 18.2. The lowest BCUT2D eigenvalue weighted by molar-refractivity contribution is -0.124. The highest BCUT2D eigenvalue weighted by molar-refractivity contribution is 5.91. The molecule has 2 rings (SSSR count). The van der Waals surface area contributed by atoms with Crippen LogP contribution in [0.1, 0.15) is 15.9 Å². The van der Waals surface area contributed by atoms with E-state index in [2.05, 4.69) is 5.32 Å². The molecular formula is C18H18FNO5. The normalized spacial score (nSPS) is 10.0. The van der Waals surface area contributed by atoms with Gasteiger partial charge in [-0.2, -0.15) is 0 Å². The smallest absolute Gasteiger partial charge is 0.341 e. The van der Waals surface area contributed by atoms with Crippen LogP contribution in [0.4, 0.5) is 4.39 Å². The Hall–Kier alpha value is -3.09. The number of hydrogen-bond donors (Lipinski definition) is 1. The van der Waals surface area contributed by atoms with Gasteiger partial charge in [0.15, 0.2) is 18.1 Å². The summed E-state index contributed by atoms with van der Waals surface area (Å²) in [5, 5.41) is 2.60. The average molecular weight is 347 g/mol. The molecule has 0 aromatic heterocycles. The van der Waals surface area contributed by atoms with Gasteiger partial charge in [0.2, 0.25) is 0 Å². The summed E-state index contributed by atoms with van der Waals surface area (Å²) in [5.41, 5.74) is 0.571. The summed E-state index contributed by atoms with van der Waals surface area (Å²) < 4.78 is 28.6. The Morgan fingerprint density at radius 1 is 1.04 bits per heavy atom. The van der Waals surface area contributed by atoms with E-state index in [1.165, 1.54) is 32.4 Å². The van der Waals surface area contributed by atoms with Crippen molar-refractivity contribution in [3.63, 3.8) is 0 Å². The topological polar surface area (TPSA) is 73.9 Å². The van der Waals surface area contributed by atoms with Gasteiger partial charge in [0.25, 0.3) is 5.91 Å². The van der Waals surface area contributed by atoms with Crippen molar-refractivity contribution in [1.82, 2.24) is 5.32 Å². The summed E-state index contributed by atoms with van der Waals surface area (Å²) >= 11 is 0. The maximum Gasteiger partial charge on any atom is 0.341 e. The molecule has 6 nitrogen and oxygen atoms in total. The van der Waals surface area contributed by atoms with Gasteiger partial charge in [0.05, 0.1) is 19.8 Å². The standard InChI is InChI=1S/C18H18FNO5/c1-23-15-8-7-12(9-16(15)24-2)10-20-17(21)11-25-18(22)13-5-3-4-6-14(13)19/h3-9H,10-11H2,1-2H3,(H,20,21). The van der Waals surface area contributed by atoms with Crippen LogP contribution < -0.4 is 14.8 Å². The minimum Gasteiger partial charge on any atom is -0.493 e. The largest absolute Gasteiger partial charge is 0.493 e. The first-order valence-electron chi connectivity index (χ1n) is 7.44. The van der Waals surface area contributed by atoms with Crippen molar-refractivity contribution in [2.75, 3.05) is 20.8 Å². The second-order valence-electron chi connectivity index (χ2n) is 5.02. The van der Waals surface area contributed by atoms with Crippen molar-refractivity contribution in [2.24, 2.45) is 0 Å². The number of esters is 1. The zero-order valence-corrected chi connectivity index (χ0v) is 13.9. The van der Waals surface area contributed by atoms with Gasteiger partial charge in [-0.15, -0.1) is 0 Å². The number of amides is 1. The van der Waals surface area contributed by atoms with E-state index in [4.69, 9.17) is 14.2 Å². The first kappa shape index (κ1) is 18.3. The summed E-state index contributed by atoms with van der Waals surface area (Å²) in [4.78, 5) is 23.5. The first-order chi connectivity index (χ1) is 12.0. The Labute approximate surface area is 144 Å². The third-order valence-corrected chi connectivity index (χ3v) is 3.37. The molecule has 1 N–H and O–H groups in total. The van der Waals surface area contributed by atoms with Gasteiger partial charge in [0, 0.05) is 6.54 Å². The molecule has 2 aromatic carbocycles. The highest BCUT2D eigenvalue weighted by atomic mass is 19.1. The number of halogens is 1. The molecular weight excluding hydrogens is 329 g/mol. The van der Waals surface area contributed by atoms with Crippen LogP contribution in [-0.4, -0.2) is 32.7 Å². The molecule has 0 spiro atoms.